The molecule has 1 aromatic carbocycles. The minimum Gasteiger partial charge on any atom is -0.481 e. The lowest BCUT2D eigenvalue weighted by Gasteiger charge is -2.18. The summed E-state index contributed by atoms with van der Waals surface area (Å²) < 4.78 is 5.82. The van der Waals surface area contributed by atoms with Crippen molar-refractivity contribution in [2.75, 3.05) is 6.54 Å². The van der Waals surface area contributed by atoms with E-state index in [1.807, 2.05) is 24.3 Å². The van der Waals surface area contributed by atoms with Gasteiger partial charge in [0, 0.05) is 24.9 Å². The van der Waals surface area contributed by atoms with E-state index in [2.05, 4.69) is 29.1 Å². The van der Waals surface area contributed by atoms with Crippen molar-refractivity contribution in [1.82, 2.24) is 15.3 Å². The van der Waals surface area contributed by atoms with Crippen LogP contribution >= 0.6 is 0 Å². The summed E-state index contributed by atoms with van der Waals surface area (Å²) in [4.78, 5) is 19.0. The second kappa shape index (κ2) is 7.64. The smallest absolute Gasteiger partial charge is 0.260 e. The lowest BCUT2D eigenvalue weighted by atomic mass is 10.0. The van der Waals surface area contributed by atoms with Crippen molar-refractivity contribution in [3.63, 3.8) is 0 Å². The topological polar surface area (TPSA) is 67.0 Å². The molecule has 0 aliphatic carbocycles. The molecule has 0 fully saturated rings. The van der Waals surface area contributed by atoms with Crippen molar-refractivity contribution in [3.8, 4) is 5.75 Å². The van der Waals surface area contributed by atoms with Gasteiger partial charge >= 0.3 is 0 Å². The average molecular weight is 301 g/mol. The fourth-order valence-electron chi connectivity index (χ4n) is 2.19. The van der Waals surface area contributed by atoms with Gasteiger partial charge in [0.05, 0.1) is 6.33 Å². The zero-order valence-corrected chi connectivity index (χ0v) is 13.3. The Kier molecular flexibility index (Phi) is 5.58. The Bertz CT molecular complexity index is 594. The first-order valence-corrected chi connectivity index (χ1v) is 7.58. The Morgan fingerprint density at radius 2 is 2.09 bits per heavy atom. The van der Waals surface area contributed by atoms with Gasteiger partial charge in [-0.05, 0) is 24.5 Å². The lowest BCUT2D eigenvalue weighted by molar-refractivity contribution is -0.127. The van der Waals surface area contributed by atoms with Crippen LogP contribution in [0.15, 0.2) is 36.8 Å². The number of imidazole rings is 1. The van der Waals surface area contributed by atoms with E-state index in [1.54, 1.807) is 19.4 Å². The molecule has 2 N–H and O–H groups in total. The Balaban J connectivity index is 1.86. The predicted octanol–water partition coefficient (Wildman–Crippen LogP) is 2.66. The number of aromatic nitrogens is 2. The maximum atomic E-state index is 12.1. The van der Waals surface area contributed by atoms with E-state index in [-0.39, 0.29) is 5.91 Å². The van der Waals surface area contributed by atoms with Crippen molar-refractivity contribution >= 4 is 5.91 Å². The number of para-hydroxylation sites is 1. The summed E-state index contributed by atoms with van der Waals surface area (Å²) in [5.74, 6) is 1.01. The predicted molar refractivity (Wildman–Crippen MR) is 85.9 cm³/mol. The van der Waals surface area contributed by atoms with E-state index in [4.69, 9.17) is 4.74 Å². The van der Waals surface area contributed by atoms with Crippen molar-refractivity contribution < 1.29 is 9.53 Å². The number of carbonyl (C=O) groups is 1. The normalized spacial score (nSPS) is 12.2. The minimum absolute atomic E-state index is 0.113. The van der Waals surface area contributed by atoms with Gasteiger partial charge in [-0.25, -0.2) is 4.98 Å². The molecule has 1 atom stereocenters. The van der Waals surface area contributed by atoms with E-state index in [1.165, 1.54) is 0 Å². The Labute approximate surface area is 131 Å². The molecule has 1 unspecified atom stereocenters. The van der Waals surface area contributed by atoms with Crippen LogP contribution in [0.1, 0.15) is 37.9 Å². The molecule has 1 heterocycles. The highest BCUT2D eigenvalue weighted by Crippen LogP contribution is 2.26. The van der Waals surface area contributed by atoms with Gasteiger partial charge in [0.15, 0.2) is 6.10 Å². The van der Waals surface area contributed by atoms with Crippen LogP contribution in [0.5, 0.6) is 5.75 Å². The standard InChI is InChI=1S/C17H23N3O2/c1-12(2)15-6-4-5-7-16(15)22-13(3)17(21)19-9-8-14-10-18-11-20-14/h4-7,10-13H,8-9H2,1-3H3,(H,18,20)(H,19,21). The summed E-state index contributed by atoms with van der Waals surface area (Å²) in [6.07, 6.45) is 3.58. The summed E-state index contributed by atoms with van der Waals surface area (Å²) in [5, 5.41) is 2.88. The zero-order chi connectivity index (χ0) is 15.9. The first-order valence-electron chi connectivity index (χ1n) is 7.58. The van der Waals surface area contributed by atoms with Gasteiger partial charge in [-0.3, -0.25) is 4.79 Å². The van der Waals surface area contributed by atoms with E-state index in [0.717, 1.165) is 23.4 Å². The maximum Gasteiger partial charge on any atom is 0.260 e. The summed E-state index contributed by atoms with van der Waals surface area (Å²) in [6, 6.07) is 7.84. The number of amides is 1. The van der Waals surface area contributed by atoms with Gasteiger partial charge in [0.25, 0.3) is 5.91 Å². The summed E-state index contributed by atoms with van der Waals surface area (Å²) in [5.41, 5.74) is 2.11. The summed E-state index contributed by atoms with van der Waals surface area (Å²) in [7, 11) is 0. The number of nitrogens with zero attached hydrogens (tertiary/aromatic N) is 1. The number of benzene rings is 1. The van der Waals surface area contributed by atoms with E-state index in [0.29, 0.717) is 12.5 Å². The molecule has 118 valence electrons. The van der Waals surface area contributed by atoms with Crippen LogP contribution in [0.2, 0.25) is 0 Å². The lowest BCUT2D eigenvalue weighted by Crippen LogP contribution is -2.37. The number of ether oxygens (including phenoxy) is 1. The second-order valence-corrected chi connectivity index (χ2v) is 5.57. The molecular formula is C17H23N3O2. The number of hydrogen-bond acceptors (Lipinski definition) is 3. The molecule has 0 aliphatic rings. The first-order chi connectivity index (χ1) is 10.6. The average Bonchev–Trinajstić information content (AvgIpc) is 3.00. The van der Waals surface area contributed by atoms with Crippen LogP contribution in [0.3, 0.4) is 0 Å². The number of H-pyrrole nitrogens is 1. The van der Waals surface area contributed by atoms with E-state index < -0.39 is 6.10 Å². The minimum atomic E-state index is -0.526. The Morgan fingerprint density at radius 3 is 2.77 bits per heavy atom. The Morgan fingerprint density at radius 1 is 1.32 bits per heavy atom. The molecule has 1 amide bonds. The summed E-state index contributed by atoms with van der Waals surface area (Å²) in [6.45, 7) is 6.54. The third-order valence-electron chi connectivity index (χ3n) is 3.46. The highest BCUT2D eigenvalue weighted by molar-refractivity contribution is 5.80. The molecule has 0 saturated heterocycles. The van der Waals surface area contributed by atoms with Crippen LogP contribution < -0.4 is 10.1 Å². The molecule has 0 bridgehead atoms. The Hall–Kier alpha value is -2.30. The van der Waals surface area contributed by atoms with Crippen LogP contribution in [0, 0.1) is 0 Å². The van der Waals surface area contributed by atoms with Crippen LogP contribution in [-0.2, 0) is 11.2 Å². The first kappa shape index (κ1) is 16.1. The molecule has 2 rings (SSSR count). The van der Waals surface area contributed by atoms with Crippen molar-refractivity contribution in [2.45, 2.75) is 39.2 Å². The number of rotatable bonds is 7. The molecule has 22 heavy (non-hydrogen) atoms. The molecular weight excluding hydrogens is 278 g/mol. The molecule has 0 aliphatic heterocycles. The van der Waals surface area contributed by atoms with Crippen molar-refractivity contribution in [3.05, 3.63) is 48.0 Å². The van der Waals surface area contributed by atoms with E-state index >= 15 is 0 Å². The third-order valence-corrected chi connectivity index (χ3v) is 3.46. The molecule has 2 aromatic rings. The van der Waals surface area contributed by atoms with Crippen LogP contribution in [0.25, 0.3) is 0 Å². The fraction of sp³-hybridized carbons (Fsp3) is 0.412. The highest BCUT2D eigenvalue weighted by atomic mass is 16.5. The van der Waals surface area contributed by atoms with Gasteiger partial charge in [-0.2, -0.15) is 0 Å². The molecule has 0 spiro atoms. The number of nitrogens with one attached hydrogen (secondary N) is 2. The quantitative estimate of drug-likeness (QED) is 0.826. The second-order valence-electron chi connectivity index (χ2n) is 5.57. The molecule has 5 heteroatoms. The molecule has 0 radical (unpaired) electrons. The number of carbonyl (C=O) groups excluding carboxylic acids is 1. The van der Waals surface area contributed by atoms with Gasteiger partial charge < -0.3 is 15.0 Å². The third kappa shape index (κ3) is 4.35. The zero-order valence-electron chi connectivity index (χ0n) is 13.3. The largest absolute Gasteiger partial charge is 0.481 e. The monoisotopic (exact) mass is 301 g/mol. The van der Waals surface area contributed by atoms with Gasteiger partial charge in [-0.15, -0.1) is 0 Å². The SMILES string of the molecule is CC(Oc1ccccc1C(C)C)C(=O)NCCc1cnc[nH]1. The molecule has 5 nitrogen and oxygen atoms in total. The van der Waals surface area contributed by atoms with Gasteiger partial charge in [0.2, 0.25) is 0 Å². The van der Waals surface area contributed by atoms with Crippen LogP contribution in [0.4, 0.5) is 0 Å². The van der Waals surface area contributed by atoms with Gasteiger partial charge in [-0.1, -0.05) is 32.0 Å². The maximum absolute atomic E-state index is 12.1. The molecule has 0 saturated carbocycles. The van der Waals surface area contributed by atoms with E-state index in [9.17, 15) is 4.79 Å². The summed E-state index contributed by atoms with van der Waals surface area (Å²) >= 11 is 0. The fourth-order valence-corrected chi connectivity index (χ4v) is 2.19. The highest BCUT2D eigenvalue weighted by Gasteiger charge is 2.16. The van der Waals surface area contributed by atoms with Gasteiger partial charge in [0.1, 0.15) is 5.75 Å². The number of aromatic amines is 1. The van der Waals surface area contributed by atoms with Crippen molar-refractivity contribution in [1.29, 1.82) is 0 Å². The van der Waals surface area contributed by atoms with Crippen LogP contribution in [-0.4, -0.2) is 28.5 Å². The van der Waals surface area contributed by atoms with Crippen molar-refractivity contribution in [2.24, 2.45) is 0 Å². The molecule has 1 aromatic heterocycles. The number of hydrogen-bond donors (Lipinski definition) is 2.